The second-order valence-electron chi connectivity index (χ2n) is 6.12. The van der Waals surface area contributed by atoms with Gasteiger partial charge in [0.2, 0.25) is 0 Å². The zero-order valence-electron chi connectivity index (χ0n) is 11.9. The van der Waals surface area contributed by atoms with Gasteiger partial charge in [-0.05, 0) is 38.0 Å². The molecule has 1 aromatic heterocycles. The first-order valence-corrected chi connectivity index (χ1v) is 8.16. The van der Waals surface area contributed by atoms with E-state index in [1.165, 1.54) is 37.1 Å². The fourth-order valence-corrected chi connectivity index (χ4v) is 3.80. The molecule has 1 aliphatic carbocycles. The van der Waals surface area contributed by atoms with Crippen LogP contribution in [0.25, 0.3) is 0 Å². The number of hydrogen-bond acceptors (Lipinski definition) is 3. The van der Waals surface area contributed by atoms with Crippen molar-refractivity contribution in [1.29, 1.82) is 0 Å². The first-order chi connectivity index (χ1) is 8.63. The molecule has 1 fully saturated rings. The molecule has 1 aliphatic rings. The number of aromatic nitrogens is 1. The zero-order valence-corrected chi connectivity index (χ0v) is 12.7. The van der Waals surface area contributed by atoms with Crippen LogP contribution in [0.2, 0.25) is 0 Å². The molecule has 0 spiro atoms. The molecule has 2 atom stereocenters. The summed E-state index contributed by atoms with van der Waals surface area (Å²) in [7, 11) is 0. The van der Waals surface area contributed by atoms with Crippen molar-refractivity contribution in [3.63, 3.8) is 0 Å². The first kappa shape index (κ1) is 14.0. The van der Waals surface area contributed by atoms with Gasteiger partial charge in [0.15, 0.2) is 0 Å². The minimum atomic E-state index is 0.715. The molecular formula is C15H26N2S. The number of hydrogen-bond donors (Lipinski definition) is 1. The van der Waals surface area contributed by atoms with E-state index in [0.29, 0.717) is 6.04 Å². The third-order valence-electron chi connectivity index (χ3n) is 3.80. The van der Waals surface area contributed by atoms with Crippen molar-refractivity contribution in [1.82, 2.24) is 10.3 Å². The molecule has 2 rings (SSSR count). The summed E-state index contributed by atoms with van der Waals surface area (Å²) >= 11 is 1.78. The van der Waals surface area contributed by atoms with Gasteiger partial charge in [0, 0.05) is 23.7 Å². The predicted molar refractivity (Wildman–Crippen MR) is 78.9 cm³/mol. The van der Waals surface area contributed by atoms with E-state index in [-0.39, 0.29) is 0 Å². The topological polar surface area (TPSA) is 24.9 Å². The average Bonchev–Trinajstić information content (AvgIpc) is 2.72. The van der Waals surface area contributed by atoms with Crippen LogP contribution in [0, 0.1) is 18.8 Å². The molecule has 2 unspecified atom stereocenters. The predicted octanol–water partition coefficient (Wildman–Crippen LogP) is 4.15. The van der Waals surface area contributed by atoms with Crippen LogP contribution in [0.1, 0.15) is 56.7 Å². The number of nitrogens with zero attached hydrogens (tertiary/aromatic N) is 1. The lowest BCUT2D eigenvalue weighted by atomic mass is 9.81. The molecule has 0 radical (unpaired) electrons. The van der Waals surface area contributed by atoms with Crippen LogP contribution in [0.15, 0.2) is 5.38 Å². The normalized spacial score (nSPS) is 24.7. The van der Waals surface area contributed by atoms with Gasteiger partial charge in [-0.15, -0.1) is 11.3 Å². The second-order valence-corrected chi connectivity index (χ2v) is 7.07. The summed E-state index contributed by atoms with van der Waals surface area (Å²) in [5.41, 5.74) is 1.15. The van der Waals surface area contributed by atoms with Crippen LogP contribution in [-0.2, 0) is 6.54 Å². The molecule has 1 N–H and O–H groups in total. The summed E-state index contributed by atoms with van der Waals surface area (Å²) < 4.78 is 0. The Labute approximate surface area is 115 Å². The Kier molecular flexibility index (Phi) is 5.19. The van der Waals surface area contributed by atoms with Gasteiger partial charge in [0.05, 0.1) is 0 Å². The highest BCUT2D eigenvalue weighted by atomic mass is 32.1. The van der Waals surface area contributed by atoms with E-state index in [4.69, 9.17) is 0 Å². The molecule has 1 aromatic rings. The molecule has 0 amide bonds. The molecule has 0 bridgehead atoms. The van der Waals surface area contributed by atoms with Gasteiger partial charge in [-0.3, -0.25) is 0 Å². The Hall–Kier alpha value is -0.410. The molecule has 1 saturated carbocycles. The molecule has 18 heavy (non-hydrogen) atoms. The van der Waals surface area contributed by atoms with Gasteiger partial charge < -0.3 is 5.32 Å². The van der Waals surface area contributed by atoms with Crippen molar-refractivity contribution in [2.24, 2.45) is 11.8 Å². The highest BCUT2D eigenvalue weighted by Gasteiger charge is 2.22. The summed E-state index contributed by atoms with van der Waals surface area (Å²) in [6, 6.07) is 0.715. The SMILES string of the molecule is Cc1csc(CNC2CCCC(CC(C)C)C2)n1. The molecule has 102 valence electrons. The Morgan fingerprint density at radius 3 is 2.94 bits per heavy atom. The van der Waals surface area contributed by atoms with Crippen molar-refractivity contribution in [2.45, 2.75) is 65.5 Å². The molecule has 1 heterocycles. The maximum Gasteiger partial charge on any atom is 0.107 e. The van der Waals surface area contributed by atoms with Crippen LogP contribution < -0.4 is 5.32 Å². The lowest BCUT2D eigenvalue weighted by Crippen LogP contribution is -2.34. The van der Waals surface area contributed by atoms with Crippen molar-refractivity contribution >= 4 is 11.3 Å². The summed E-state index contributed by atoms with van der Waals surface area (Å²) in [6.45, 7) is 7.71. The van der Waals surface area contributed by atoms with Gasteiger partial charge in [-0.25, -0.2) is 4.98 Å². The highest BCUT2D eigenvalue weighted by Crippen LogP contribution is 2.29. The van der Waals surface area contributed by atoms with Crippen LogP contribution in [0.5, 0.6) is 0 Å². The second kappa shape index (κ2) is 6.67. The van der Waals surface area contributed by atoms with E-state index in [2.05, 4.69) is 36.5 Å². The van der Waals surface area contributed by atoms with Crippen molar-refractivity contribution in [3.8, 4) is 0 Å². The number of thiazole rings is 1. The van der Waals surface area contributed by atoms with Crippen molar-refractivity contribution in [3.05, 3.63) is 16.1 Å². The van der Waals surface area contributed by atoms with E-state index in [0.717, 1.165) is 24.1 Å². The molecule has 0 aliphatic heterocycles. The van der Waals surface area contributed by atoms with E-state index in [1.807, 2.05) is 0 Å². The first-order valence-electron chi connectivity index (χ1n) is 7.28. The monoisotopic (exact) mass is 266 g/mol. The Bertz CT molecular complexity index is 359. The minimum Gasteiger partial charge on any atom is -0.308 e. The molecule has 2 nitrogen and oxygen atoms in total. The Morgan fingerprint density at radius 1 is 1.44 bits per heavy atom. The third-order valence-corrected chi connectivity index (χ3v) is 4.76. The lowest BCUT2D eigenvalue weighted by Gasteiger charge is -2.30. The van der Waals surface area contributed by atoms with Gasteiger partial charge in [0.1, 0.15) is 5.01 Å². The van der Waals surface area contributed by atoms with E-state index in [9.17, 15) is 0 Å². The van der Waals surface area contributed by atoms with Gasteiger partial charge in [-0.1, -0.05) is 26.7 Å². The largest absolute Gasteiger partial charge is 0.308 e. The van der Waals surface area contributed by atoms with Gasteiger partial charge >= 0.3 is 0 Å². The van der Waals surface area contributed by atoms with E-state index >= 15 is 0 Å². The third kappa shape index (κ3) is 4.36. The fraction of sp³-hybridized carbons (Fsp3) is 0.800. The van der Waals surface area contributed by atoms with Crippen molar-refractivity contribution in [2.75, 3.05) is 0 Å². The number of aryl methyl sites for hydroxylation is 1. The summed E-state index contributed by atoms with van der Waals surface area (Å²) in [6.07, 6.45) is 6.94. The Morgan fingerprint density at radius 2 is 2.28 bits per heavy atom. The van der Waals surface area contributed by atoms with Crippen LogP contribution >= 0.6 is 11.3 Å². The van der Waals surface area contributed by atoms with Crippen LogP contribution in [0.4, 0.5) is 0 Å². The molecular weight excluding hydrogens is 240 g/mol. The van der Waals surface area contributed by atoms with Gasteiger partial charge in [-0.2, -0.15) is 0 Å². The van der Waals surface area contributed by atoms with Gasteiger partial charge in [0.25, 0.3) is 0 Å². The van der Waals surface area contributed by atoms with Crippen LogP contribution in [0.3, 0.4) is 0 Å². The fourth-order valence-electron chi connectivity index (χ4n) is 3.07. The minimum absolute atomic E-state index is 0.715. The smallest absolute Gasteiger partial charge is 0.107 e. The summed E-state index contributed by atoms with van der Waals surface area (Å²) in [4.78, 5) is 4.52. The standard InChI is InChI=1S/C15H26N2S/c1-11(2)7-13-5-4-6-14(8-13)16-9-15-17-12(3)10-18-15/h10-11,13-14,16H,4-9H2,1-3H3. The number of rotatable bonds is 5. The van der Waals surface area contributed by atoms with Crippen LogP contribution in [-0.4, -0.2) is 11.0 Å². The number of nitrogens with one attached hydrogen (secondary N) is 1. The maximum atomic E-state index is 4.52. The quantitative estimate of drug-likeness (QED) is 0.866. The molecule has 0 aromatic carbocycles. The van der Waals surface area contributed by atoms with E-state index in [1.54, 1.807) is 11.3 Å². The van der Waals surface area contributed by atoms with Crippen molar-refractivity contribution < 1.29 is 0 Å². The maximum absolute atomic E-state index is 4.52. The molecule has 3 heteroatoms. The lowest BCUT2D eigenvalue weighted by molar-refractivity contribution is 0.252. The summed E-state index contributed by atoms with van der Waals surface area (Å²) in [5.74, 6) is 1.78. The highest BCUT2D eigenvalue weighted by molar-refractivity contribution is 7.09. The molecule has 0 saturated heterocycles. The summed E-state index contributed by atoms with van der Waals surface area (Å²) in [5, 5.41) is 7.08. The van der Waals surface area contributed by atoms with E-state index < -0.39 is 0 Å². The zero-order chi connectivity index (χ0) is 13.0. The Balaban J connectivity index is 1.75. The average molecular weight is 266 g/mol.